The van der Waals surface area contributed by atoms with E-state index in [1.165, 1.54) is 57.5 Å². The van der Waals surface area contributed by atoms with Crippen molar-refractivity contribution in [1.82, 2.24) is 0 Å². The van der Waals surface area contributed by atoms with Crippen LogP contribution in [0.4, 0.5) is 11.4 Å². The van der Waals surface area contributed by atoms with Crippen LogP contribution in [0, 0.1) is 5.92 Å². The molecule has 2 aromatic carbocycles. The summed E-state index contributed by atoms with van der Waals surface area (Å²) in [5.74, 6) is -2.35. The number of rotatable bonds is 6. The third-order valence-corrected chi connectivity index (χ3v) is 7.86. The first-order valence-corrected chi connectivity index (χ1v) is 12.1. The minimum absolute atomic E-state index is 0.0421. The third-order valence-electron chi connectivity index (χ3n) is 4.59. The number of nitrogens with one attached hydrogen (secondary N) is 1. The van der Waals surface area contributed by atoms with Gasteiger partial charge >= 0.3 is 5.97 Å². The molecular formula is C19H20N2O8S2. The molecule has 1 atom stereocenters. The van der Waals surface area contributed by atoms with Gasteiger partial charge in [0.2, 0.25) is 15.9 Å². The molecule has 3 rings (SSSR count). The van der Waals surface area contributed by atoms with Crippen molar-refractivity contribution < 1.29 is 35.9 Å². The Morgan fingerprint density at radius 1 is 1.13 bits per heavy atom. The van der Waals surface area contributed by atoms with E-state index in [1.807, 2.05) is 0 Å². The van der Waals surface area contributed by atoms with Crippen LogP contribution in [-0.4, -0.2) is 48.7 Å². The number of carbonyl (C=O) groups is 2. The van der Waals surface area contributed by atoms with E-state index in [0.717, 1.165) is 6.07 Å². The number of sulfonamides is 2. The molecule has 1 saturated heterocycles. The van der Waals surface area contributed by atoms with Crippen molar-refractivity contribution in [1.29, 1.82) is 0 Å². The molecule has 1 heterocycles. The zero-order valence-corrected chi connectivity index (χ0v) is 18.5. The van der Waals surface area contributed by atoms with Gasteiger partial charge < -0.3 is 9.47 Å². The highest BCUT2D eigenvalue weighted by molar-refractivity contribution is 7.94. The maximum Gasteiger partial charge on any atom is 0.337 e. The van der Waals surface area contributed by atoms with Crippen molar-refractivity contribution in [2.24, 2.45) is 5.92 Å². The Labute approximate surface area is 179 Å². The molecule has 0 saturated carbocycles. The van der Waals surface area contributed by atoms with E-state index in [0.29, 0.717) is 4.31 Å². The molecule has 0 aromatic heterocycles. The fourth-order valence-corrected chi connectivity index (χ4v) is 6.15. The number of methoxy groups -OCH3 is 2. The zero-order chi connectivity index (χ0) is 23.0. The summed E-state index contributed by atoms with van der Waals surface area (Å²) >= 11 is 0. The number of esters is 1. The summed E-state index contributed by atoms with van der Waals surface area (Å²) in [4.78, 5) is 23.5. The maximum absolute atomic E-state index is 13.0. The Hall–Kier alpha value is -3.12. The summed E-state index contributed by atoms with van der Waals surface area (Å²) in [5, 5.41) is 0. The summed E-state index contributed by atoms with van der Waals surface area (Å²) < 4.78 is 63.4. The number of hydrogen-bond donors (Lipinski definition) is 1. The smallest absolute Gasteiger partial charge is 0.337 e. The first-order chi connectivity index (χ1) is 14.5. The Kier molecular flexibility index (Phi) is 5.96. The zero-order valence-electron chi connectivity index (χ0n) is 16.9. The van der Waals surface area contributed by atoms with Gasteiger partial charge in [-0.25, -0.2) is 25.9 Å². The molecule has 1 amide bonds. The van der Waals surface area contributed by atoms with E-state index in [1.54, 1.807) is 0 Å². The second-order valence-corrected chi connectivity index (χ2v) is 10.3. The lowest BCUT2D eigenvalue weighted by Crippen LogP contribution is -2.30. The van der Waals surface area contributed by atoms with Crippen LogP contribution < -0.4 is 13.8 Å². The predicted octanol–water partition coefficient (Wildman–Crippen LogP) is 1.60. The predicted molar refractivity (Wildman–Crippen MR) is 112 cm³/mol. The van der Waals surface area contributed by atoms with Crippen molar-refractivity contribution in [2.45, 2.75) is 11.8 Å². The lowest BCUT2D eigenvalue weighted by atomic mass is 10.2. The molecule has 1 N–H and O–H groups in total. The van der Waals surface area contributed by atoms with Crippen LogP contribution in [0.5, 0.6) is 5.75 Å². The minimum Gasteiger partial charge on any atom is -0.495 e. The van der Waals surface area contributed by atoms with Gasteiger partial charge in [-0.3, -0.25) is 9.52 Å². The molecule has 31 heavy (non-hydrogen) atoms. The second-order valence-electron chi connectivity index (χ2n) is 6.79. The highest BCUT2D eigenvalue weighted by Crippen LogP contribution is 2.34. The molecule has 1 aliphatic heterocycles. The highest BCUT2D eigenvalue weighted by Gasteiger charge is 2.42. The monoisotopic (exact) mass is 468 g/mol. The molecule has 12 heteroatoms. The molecular weight excluding hydrogens is 448 g/mol. The Morgan fingerprint density at radius 2 is 1.77 bits per heavy atom. The van der Waals surface area contributed by atoms with Gasteiger partial charge in [0.1, 0.15) is 10.6 Å². The molecule has 1 aliphatic rings. The van der Waals surface area contributed by atoms with Crippen molar-refractivity contribution in [2.75, 3.05) is 29.0 Å². The number of ether oxygens (including phenoxy) is 2. The van der Waals surface area contributed by atoms with Crippen LogP contribution in [-0.2, 0) is 29.6 Å². The largest absolute Gasteiger partial charge is 0.495 e. The first kappa shape index (κ1) is 22.6. The van der Waals surface area contributed by atoms with E-state index in [9.17, 15) is 26.4 Å². The average molecular weight is 469 g/mol. The fraction of sp³-hybridized carbons (Fsp3) is 0.263. The molecule has 1 unspecified atom stereocenters. The van der Waals surface area contributed by atoms with Crippen molar-refractivity contribution in [3.05, 3.63) is 48.0 Å². The van der Waals surface area contributed by atoms with E-state index >= 15 is 0 Å². The van der Waals surface area contributed by atoms with E-state index < -0.39 is 37.8 Å². The van der Waals surface area contributed by atoms with E-state index in [4.69, 9.17) is 4.74 Å². The molecule has 10 nitrogen and oxygen atoms in total. The summed E-state index contributed by atoms with van der Waals surface area (Å²) in [6, 6.07) is 9.15. The Bertz CT molecular complexity index is 1240. The average Bonchev–Trinajstić information content (AvgIpc) is 2.93. The molecule has 166 valence electrons. The van der Waals surface area contributed by atoms with E-state index in [-0.39, 0.29) is 33.3 Å². The molecule has 0 radical (unpaired) electrons. The van der Waals surface area contributed by atoms with Crippen LogP contribution in [0.3, 0.4) is 0 Å². The number of carbonyl (C=O) groups excluding carboxylic acids is 2. The van der Waals surface area contributed by atoms with Gasteiger partial charge in [-0.05, 0) is 42.5 Å². The van der Waals surface area contributed by atoms with Gasteiger partial charge in [-0.1, -0.05) is 6.92 Å². The number of benzene rings is 2. The van der Waals surface area contributed by atoms with Gasteiger partial charge in [0.05, 0.1) is 37.1 Å². The summed E-state index contributed by atoms with van der Waals surface area (Å²) in [6.45, 7) is 1.49. The number of anilines is 2. The molecule has 1 fully saturated rings. The molecule has 0 bridgehead atoms. The topological polar surface area (TPSA) is 136 Å². The van der Waals surface area contributed by atoms with Crippen LogP contribution in [0.2, 0.25) is 0 Å². The van der Waals surface area contributed by atoms with Crippen LogP contribution in [0.25, 0.3) is 0 Å². The number of nitrogens with zero attached hydrogens (tertiary/aromatic N) is 1. The Morgan fingerprint density at radius 3 is 2.29 bits per heavy atom. The molecule has 2 aromatic rings. The normalized spacial score (nSPS) is 18.0. The second kappa shape index (κ2) is 8.19. The van der Waals surface area contributed by atoms with Crippen LogP contribution in [0.1, 0.15) is 17.3 Å². The van der Waals surface area contributed by atoms with Crippen LogP contribution >= 0.6 is 0 Å². The van der Waals surface area contributed by atoms with Gasteiger partial charge in [-0.2, -0.15) is 0 Å². The highest BCUT2D eigenvalue weighted by atomic mass is 32.2. The lowest BCUT2D eigenvalue weighted by molar-refractivity contribution is -0.119. The number of amides is 1. The van der Waals surface area contributed by atoms with Gasteiger partial charge in [-0.15, -0.1) is 0 Å². The summed E-state index contributed by atoms with van der Waals surface area (Å²) in [6.07, 6.45) is 0. The quantitative estimate of drug-likeness (QED) is 0.631. The third kappa shape index (κ3) is 4.35. The van der Waals surface area contributed by atoms with Crippen LogP contribution in [0.15, 0.2) is 47.4 Å². The van der Waals surface area contributed by atoms with Gasteiger partial charge in [0.25, 0.3) is 10.0 Å². The standard InChI is InChI=1S/C19H20N2O8S2/c1-12-11-30(24,25)21(18(12)22)15-8-9-16(28-2)17(10-15)31(26,27)20-14-6-4-13(5-7-14)19(23)29-3/h4-10,12,20H,11H2,1-3H3. The van der Waals surface area contributed by atoms with Crippen molar-refractivity contribution in [3.63, 3.8) is 0 Å². The van der Waals surface area contributed by atoms with Crippen molar-refractivity contribution in [3.8, 4) is 5.75 Å². The minimum atomic E-state index is -4.24. The Balaban J connectivity index is 2.00. The van der Waals surface area contributed by atoms with E-state index in [2.05, 4.69) is 9.46 Å². The fourth-order valence-electron chi connectivity index (χ4n) is 3.09. The molecule has 0 aliphatic carbocycles. The lowest BCUT2D eigenvalue weighted by Gasteiger charge is -2.18. The first-order valence-electron chi connectivity index (χ1n) is 8.96. The number of hydrogen-bond acceptors (Lipinski definition) is 8. The van der Waals surface area contributed by atoms with Gasteiger partial charge in [0.15, 0.2) is 0 Å². The maximum atomic E-state index is 13.0. The summed E-state index contributed by atoms with van der Waals surface area (Å²) in [7, 11) is -5.66. The van der Waals surface area contributed by atoms with Gasteiger partial charge in [0, 0.05) is 5.69 Å². The SMILES string of the molecule is COC(=O)c1ccc(NS(=O)(=O)c2cc(N3C(=O)C(C)CS3(=O)=O)ccc2OC)cc1. The molecule has 0 spiro atoms. The summed E-state index contributed by atoms with van der Waals surface area (Å²) in [5.41, 5.74) is 0.284. The van der Waals surface area contributed by atoms with Crippen molar-refractivity contribution >= 4 is 43.3 Å².